The fourth-order valence-corrected chi connectivity index (χ4v) is 1.90. The molecule has 0 atom stereocenters. The highest BCUT2D eigenvalue weighted by atomic mass is 35.5. The number of halogens is 1. The number of nitrogens with one attached hydrogen (secondary N) is 1. The van der Waals surface area contributed by atoms with Gasteiger partial charge in [0.15, 0.2) is 0 Å². The average molecular weight is 306 g/mol. The molecule has 0 radical (unpaired) electrons. The van der Waals surface area contributed by atoms with E-state index >= 15 is 0 Å². The number of benzene rings is 2. The number of anilines is 1. The quantitative estimate of drug-likeness (QED) is 0.854. The summed E-state index contributed by atoms with van der Waals surface area (Å²) in [6, 6.07) is 10.5. The number of amides is 1. The van der Waals surface area contributed by atoms with Crippen LogP contribution in [0.15, 0.2) is 42.5 Å². The minimum absolute atomic E-state index is 0.0860. The Balaban J connectivity index is 2.21. The lowest BCUT2D eigenvalue weighted by atomic mass is 10.1. The predicted octanol–water partition coefficient (Wildman–Crippen LogP) is 3.08. The molecule has 2 aromatic carbocycles. The van der Waals surface area contributed by atoms with Crippen molar-refractivity contribution in [3.63, 3.8) is 0 Å². The van der Waals surface area contributed by atoms with Gasteiger partial charge in [-0.1, -0.05) is 17.7 Å². The molecular formula is C15H12ClNO4. The van der Waals surface area contributed by atoms with Crippen molar-refractivity contribution < 1.29 is 19.4 Å². The molecule has 2 aromatic rings. The molecule has 0 aliphatic heterocycles. The Bertz CT molecular complexity index is 700. The van der Waals surface area contributed by atoms with Crippen LogP contribution in [0.2, 0.25) is 5.02 Å². The van der Waals surface area contributed by atoms with E-state index in [9.17, 15) is 14.7 Å². The fourth-order valence-electron chi connectivity index (χ4n) is 1.74. The molecule has 2 N–H and O–H groups in total. The van der Waals surface area contributed by atoms with Gasteiger partial charge in [0.25, 0.3) is 5.91 Å². The summed E-state index contributed by atoms with van der Waals surface area (Å²) in [5.74, 6) is -1.23. The van der Waals surface area contributed by atoms with Gasteiger partial charge in [-0.2, -0.15) is 0 Å². The second kappa shape index (κ2) is 6.28. The zero-order valence-electron chi connectivity index (χ0n) is 11.1. The largest absolute Gasteiger partial charge is 0.507 e. The first kappa shape index (κ1) is 14.9. The smallest absolute Gasteiger partial charge is 0.337 e. The molecular weight excluding hydrogens is 294 g/mol. The third-order valence-corrected chi connectivity index (χ3v) is 2.98. The van der Waals surface area contributed by atoms with Crippen LogP contribution in [0.25, 0.3) is 0 Å². The molecule has 1 amide bonds. The van der Waals surface area contributed by atoms with Gasteiger partial charge in [-0.25, -0.2) is 4.79 Å². The van der Waals surface area contributed by atoms with Crippen LogP contribution >= 0.6 is 11.6 Å². The van der Waals surface area contributed by atoms with E-state index in [4.69, 9.17) is 11.6 Å². The molecule has 0 aliphatic carbocycles. The molecule has 0 fully saturated rings. The SMILES string of the molecule is COC(=O)c1cccc(NC(=O)c2ccc(Cl)cc2O)c1. The molecule has 0 aliphatic rings. The van der Waals surface area contributed by atoms with Gasteiger partial charge in [-0.05, 0) is 36.4 Å². The van der Waals surface area contributed by atoms with E-state index < -0.39 is 11.9 Å². The molecule has 0 heterocycles. The van der Waals surface area contributed by atoms with Crippen molar-refractivity contribution >= 4 is 29.2 Å². The molecule has 5 nitrogen and oxygen atoms in total. The topological polar surface area (TPSA) is 75.6 Å². The van der Waals surface area contributed by atoms with Gasteiger partial charge in [-0.3, -0.25) is 4.79 Å². The Labute approximate surface area is 126 Å². The monoisotopic (exact) mass is 305 g/mol. The van der Waals surface area contributed by atoms with Gasteiger partial charge >= 0.3 is 5.97 Å². The van der Waals surface area contributed by atoms with Crippen LogP contribution in [0, 0.1) is 0 Å². The lowest BCUT2D eigenvalue weighted by molar-refractivity contribution is 0.0600. The minimum Gasteiger partial charge on any atom is -0.507 e. The summed E-state index contributed by atoms with van der Waals surface area (Å²) in [7, 11) is 1.28. The highest BCUT2D eigenvalue weighted by Gasteiger charge is 2.13. The maximum Gasteiger partial charge on any atom is 0.337 e. The number of methoxy groups -OCH3 is 1. The summed E-state index contributed by atoms with van der Waals surface area (Å²) < 4.78 is 4.61. The Morgan fingerprint density at radius 1 is 1.19 bits per heavy atom. The van der Waals surface area contributed by atoms with E-state index in [0.717, 1.165) is 0 Å². The van der Waals surface area contributed by atoms with Crippen molar-refractivity contribution in [2.75, 3.05) is 12.4 Å². The maximum absolute atomic E-state index is 12.1. The van der Waals surface area contributed by atoms with Gasteiger partial charge < -0.3 is 15.2 Å². The molecule has 0 bridgehead atoms. The normalized spacial score (nSPS) is 10.0. The minimum atomic E-state index is -0.508. The molecule has 0 aromatic heterocycles. The van der Waals surface area contributed by atoms with Crippen LogP contribution in [0.4, 0.5) is 5.69 Å². The van der Waals surface area contributed by atoms with Crippen LogP contribution < -0.4 is 5.32 Å². The van der Waals surface area contributed by atoms with Crippen LogP contribution in [0.5, 0.6) is 5.75 Å². The van der Waals surface area contributed by atoms with Crippen molar-refractivity contribution in [1.29, 1.82) is 0 Å². The number of esters is 1. The molecule has 21 heavy (non-hydrogen) atoms. The Morgan fingerprint density at radius 3 is 2.62 bits per heavy atom. The van der Waals surface area contributed by atoms with E-state index in [2.05, 4.69) is 10.1 Å². The number of phenols is 1. The average Bonchev–Trinajstić information content (AvgIpc) is 2.46. The van der Waals surface area contributed by atoms with Crippen LogP contribution in [-0.4, -0.2) is 24.1 Å². The Morgan fingerprint density at radius 2 is 1.95 bits per heavy atom. The predicted molar refractivity (Wildman–Crippen MR) is 78.9 cm³/mol. The molecule has 0 saturated heterocycles. The van der Waals surface area contributed by atoms with Gasteiger partial charge in [0, 0.05) is 10.7 Å². The molecule has 0 unspecified atom stereocenters. The Kier molecular flexibility index (Phi) is 4.45. The molecule has 2 rings (SSSR count). The first-order valence-electron chi connectivity index (χ1n) is 5.99. The second-order valence-corrected chi connectivity index (χ2v) is 4.62. The second-order valence-electron chi connectivity index (χ2n) is 4.19. The van der Waals surface area contributed by atoms with Gasteiger partial charge in [-0.15, -0.1) is 0 Å². The first-order valence-corrected chi connectivity index (χ1v) is 6.37. The fraction of sp³-hybridized carbons (Fsp3) is 0.0667. The summed E-state index contributed by atoms with van der Waals surface area (Å²) in [5, 5.41) is 12.6. The standard InChI is InChI=1S/C15H12ClNO4/c1-21-15(20)9-3-2-4-11(7-9)17-14(19)12-6-5-10(16)8-13(12)18/h2-8,18H,1H3,(H,17,19). The molecule has 6 heteroatoms. The van der Waals surface area contributed by atoms with E-state index in [1.165, 1.54) is 31.4 Å². The van der Waals surface area contributed by atoms with Crippen LogP contribution in [-0.2, 0) is 4.74 Å². The Hall–Kier alpha value is -2.53. The van der Waals surface area contributed by atoms with Crippen molar-refractivity contribution in [2.45, 2.75) is 0 Å². The van der Waals surface area contributed by atoms with Gasteiger partial charge in [0.2, 0.25) is 0 Å². The summed E-state index contributed by atoms with van der Waals surface area (Å²) in [6.45, 7) is 0. The number of rotatable bonds is 3. The van der Waals surface area contributed by atoms with E-state index in [1.807, 2.05) is 0 Å². The van der Waals surface area contributed by atoms with Crippen molar-refractivity contribution in [2.24, 2.45) is 0 Å². The number of phenolic OH excluding ortho intramolecular Hbond substituents is 1. The molecule has 108 valence electrons. The highest BCUT2D eigenvalue weighted by molar-refractivity contribution is 6.31. The van der Waals surface area contributed by atoms with Gasteiger partial charge in [0.1, 0.15) is 5.75 Å². The van der Waals surface area contributed by atoms with E-state index in [0.29, 0.717) is 16.3 Å². The molecule has 0 spiro atoms. The van der Waals surface area contributed by atoms with Crippen LogP contribution in [0.1, 0.15) is 20.7 Å². The summed E-state index contributed by atoms with van der Waals surface area (Å²) in [4.78, 5) is 23.5. The number of carbonyl (C=O) groups is 2. The van der Waals surface area contributed by atoms with Crippen molar-refractivity contribution in [1.82, 2.24) is 0 Å². The molecule has 0 saturated carbocycles. The van der Waals surface area contributed by atoms with Crippen molar-refractivity contribution in [3.8, 4) is 5.75 Å². The zero-order valence-corrected chi connectivity index (χ0v) is 11.8. The number of hydrogen-bond acceptors (Lipinski definition) is 4. The van der Waals surface area contributed by atoms with E-state index in [-0.39, 0.29) is 11.3 Å². The van der Waals surface area contributed by atoms with E-state index in [1.54, 1.807) is 18.2 Å². The summed E-state index contributed by atoms with van der Waals surface area (Å²) in [5.41, 5.74) is 0.816. The third kappa shape index (κ3) is 3.52. The number of hydrogen-bond donors (Lipinski definition) is 2. The third-order valence-electron chi connectivity index (χ3n) is 2.75. The number of carbonyl (C=O) groups excluding carboxylic acids is 2. The number of ether oxygens (including phenoxy) is 1. The maximum atomic E-state index is 12.1. The van der Waals surface area contributed by atoms with Crippen LogP contribution in [0.3, 0.4) is 0 Å². The first-order chi connectivity index (χ1) is 10.0. The summed E-state index contributed by atoms with van der Waals surface area (Å²) >= 11 is 5.71. The highest BCUT2D eigenvalue weighted by Crippen LogP contribution is 2.23. The zero-order chi connectivity index (χ0) is 15.4. The summed E-state index contributed by atoms with van der Waals surface area (Å²) in [6.07, 6.45) is 0. The lowest BCUT2D eigenvalue weighted by Gasteiger charge is -2.08. The lowest BCUT2D eigenvalue weighted by Crippen LogP contribution is -2.12. The van der Waals surface area contributed by atoms with Crippen molar-refractivity contribution in [3.05, 3.63) is 58.6 Å². The van der Waals surface area contributed by atoms with Gasteiger partial charge in [0.05, 0.1) is 18.2 Å². The number of aromatic hydroxyl groups is 1.